The number of carbonyl (C=O) groups is 1. The smallest absolute Gasteiger partial charge is 0.241 e. The monoisotopic (exact) mass is 492 g/mol. The Hall–Kier alpha value is -2.82. The van der Waals surface area contributed by atoms with Gasteiger partial charge in [0, 0.05) is 26.1 Å². The number of ether oxygens (including phenoxy) is 4. The molecule has 9 nitrogen and oxygen atoms in total. The lowest BCUT2D eigenvalue weighted by atomic mass is 10.0. The fourth-order valence-electron chi connectivity index (χ4n) is 3.28. The molecule has 1 heterocycles. The van der Waals surface area contributed by atoms with Gasteiger partial charge in [0.25, 0.3) is 0 Å². The van der Waals surface area contributed by atoms with Crippen LogP contribution in [-0.4, -0.2) is 53.9 Å². The highest BCUT2D eigenvalue weighted by atomic mass is 32.2. The lowest BCUT2D eigenvalue weighted by Gasteiger charge is -2.22. The molecule has 1 amide bonds. The molecule has 3 rings (SSSR count). The minimum Gasteiger partial charge on any atom is -0.491 e. The van der Waals surface area contributed by atoms with Crippen LogP contribution in [0.4, 0.5) is 0 Å². The van der Waals surface area contributed by atoms with Gasteiger partial charge in [-0.1, -0.05) is 26.0 Å². The Bertz CT molecular complexity index is 1060. The second-order valence-electron chi connectivity index (χ2n) is 8.21. The average molecular weight is 493 g/mol. The van der Waals surface area contributed by atoms with Gasteiger partial charge < -0.3 is 24.3 Å². The summed E-state index contributed by atoms with van der Waals surface area (Å²) in [5.74, 6) is 0.903. The van der Waals surface area contributed by atoms with Gasteiger partial charge in [-0.25, -0.2) is 8.42 Å². The number of hydrogen-bond acceptors (Lipinski definition) is 7. The number of carbonyl (C=O) groups excluding carboxylic acids is 1. The second-order valence-corrected chi connectivity index (χ2v) is 9.92. The molecule has 1 aliphatic heterocycles. The third kappa shape index (κ3) is 7.09. The standard InChI is InChI=1S/C24H32N2O7S/c1-17(2)23(24(27)25-16-18-5-7-19(8-6-18)31-14-13-30-3)26-34(28,29)20-9-10-21-22(15-20)33-12-4-11-32-21/h5-10,15,17,23,26H,4,11-14,16H2,1-3H3,(H,25,27). The molecule has 186 valence electrons. The number of hydrogen-bond donors (Lipinski definition) is 2. The van der Waals surface area contributed by atoms with Gasteiger partial charge in [-0.3, -0.25) is 4.79 Å². The van der Waals surface area contributed by atoms with Crippen LogP contribution in [0, 0.1) is 5.92 Å². The summed E-state index contributed by atoms with van der Waals surface area (Å²) in [5, 5.41) is 2.81. The molecular formula is C24H32N2O7S. The summed E-state index contributed by atoms with van der Waals surface area (Å²) in [7, 11) is -2.36. The Morgan fingerprint density at radius 2 is 1.74 bits per heavy atom. The number of amides is 1. The minimum atomic E-state index is -3.97. The van der Waals surface area contributed by atoms with Gasteiger partial charge in [-0.05, 0) is 35.7 Å². The van der Waals surface area contributed by atoms with Crippen molar-refractivity contribution in [2.24, 2.45) is 5.92 Å². The summed E-state index contributed by atoms with van der Waals surface area (Å²) < 4.78 is 50.2. The van der Waals surface area contributed by atoms with E-state index >= 15 is 0 Å². The molecular weight excluding hydrogens is 460 g/mol. The van der Waals surface area contributed by atoms with E-state index in [4.69, 9.17) is 18.9 Å². The summed E-state index contributed by atoms with van der Waals surface area (Å²) in [4.78, 5) is 12.9. The van der Waals surface area contributed by atoms with Crippen molar-refractivity contribution in [2.45, 2.75) is 37.8 Å². The van der Waals surface area contributed by atoms with Crippen molar-refractivity contribution < 1.29 is 32.2 Å². The van der Waals surface area contributed by atoms with Crippen LogP contribution in [0.15, 0.2) is 47.4 Å². The van der Waals surface area contributed by atoms with Gasteiger partial charge in [0.05, 0.1) is 24.7 Å². The number of nitrogens with one attached hydrogen (secondary N) is 2. The van der Waals surface area contributed by atoms with Crippen molar-refractivity contribution in [1.82, 2.24) is 10.0 Å². The highest BCUT2D eigenvalue weighted by Gasteiger charge is 2.29. The summed E-state index contributed by atoms with van der Waals surface area (Å²) in [6.45, 7) is 5.73. The molecule has 0 aromatic heterocycles. The van der Waals surface area contributed by atoms with E-state index in [9.17, 15) is 13.2 Å². The van der Waals surface area contributed by atoms with Crippen LogP contribution in [0.1, 0.15) is 25.8 Å². The fraction of sp³-hybridized carbons (Fsp3) is 0.458. The Labute approximate surface area is 200 Å². The first-order valence-corrected chi connectivity index (χ1v) is 12.7. The lowest BCUT2D eigenvalue weighted by molar-refractivity contribution is -0.123. The van der Waals surface area contributed by atoms with Gasteiger partial charge in [-0.15, -0.1) is 0 Å². The maximum atomic E-state index is 13.0. The van der Waals surface area contributed by atoms with Crippen LogP contribution < -0.4 is 24.2 Å². The zero-order valence-corrected chi connectivity index (χ0v) is 20.5. The molecule has 0 saturated heterocycles. The number of methoxy groups -OCH3 is 1. The van der Waals surface area contributed by atoms with E-state index in [1.54, 1.807) is 27.0 Å². The first kappa shape index (κ1) is 25.8. The number of benzene rings is 2. The van der Waals surface area contributed by atoms with E-state index in [2.05, 4.69) is 10.0 Å². The second kappa shape index (κ2) is 12.0. The molecule has 0 radical (unpaired) electrons. The van der Waals surface area contributed by atoms with Gasteiger partial charge in [-0.2, -0.15) is 4.72 Å². The summed E-state index contributed by atoms with van der Waals surface area (Å²) in [6, 6.07) is 10.8. The third-order valence-corrected chi connectivity index (χ3v) is 6.65. The van der Waals surface area contributed by atoms with Gasteiger partial charge in [0.2, 0.25) is 15.9 Å². The average Bonchev–Trinajstić information content (AvgIpc) is 3.07. The molecule has 1 unspecified atom stereocenters. The first-order chi connectivity index (χ1) is 16.3. The molecule has 0 aliphatic carbocycles. The number of rotatable bonds is 11. The largest absolute Gasteiger partial charge is 0.491 e. The molecule has 0 saturated carbocycles. The van der Waals surface area contributed by atoms with Crippen molar-refractivity contribution in [3.8, 4) is 17.2 Å². The molecule has 0 bridgehead atoms. The molecule has 1 atom stereocenters. The topological polar surface area (TPSA) is 112 Å². The normalized spacial score (nSPS) is 14.4. The Morgan fingerprint density at radius 1 is 1.03 bits per heavy atom. The minimum absolute atomic E-state index is 0.0132. The lowest BCUT2D eigenvalue weighted by Crippen LogP contribution is -2.49. The molecule has 2 aromatic carbocycles. The van der Waals surface area contributed by atoms with Crippen molar-refractivity contribution in [3.63, 3.8) is 0 Å². The highest BCUT2D eigenvalue weighted by Crippen LogP contribution is 2.32. The predicted octanol–water partition coefficient (Wildman–Crippen LogP) is 2.49. The van der Waals surface area contributed by atoms with Gasteiger partial charge in [0.1, 0.15) is 18.4 Å². The van der Waals surface area contributed by atoms with Gasteiger partial charge in [0.15, 0.2) is 11.5 Å². The van der Waals surface area contributed by atoms with Gasteiger partial charge >= 0.3 is 0 Å². The molecule has 34 heavy (non-hydrogen) atoms. The molecule has 0 spiro atoms. The number of fused-ring (bicyclic) bond motifs is 1. The fourth-order valence-corrected chi connectivity index (χ4v) is 4.64. The quantitative estimate of drug-likeness (QED) is 0.464. The third-order valence-electron chi connectivity index (χ3n) is 5.21. The Morgan fingerprint density at radius 3 is 2.41 bits per heavy atom. The van der Waals surface area contributed by atoms with E-state index in [0.29, 0.717) is 50.1 Å². The molecule has 1 aliphatic rings. The van der Waals surface area contributed by atoms with E-state index in [-0.39, 0.29) is 17.4 Å². The predicted molar refractivity (Wildman–Crippen MR) is 127 cm³/mol. The van der Waals surface area contributed by atoms with Crippen LogP contribution in [0.2, 0.25) is 0 Å². The van der Waals surface area contributed by atoms with Crippen LogP contribution >= 0.6 is 0 Å². The summed E-state index contributed by atoms with van der Waals surface area (Å²) >= 11 is 0. The SMILES string of the molecule is COCCOc1ccc(CNC(=O)C(NS(=O)(=O)c2ccc3c(c2)OCCCO3)C(C)C)cc1. The maximum absolute atomic E-state index is 13.0. The van der Waals surface area contributed by atoms with E-state index in [0.717, 1.165) is 5.56 Å². The first-order valence-electron chi connectivity index (χ1n) is 11.2. The van der Waals surface area contributed by atoms with Crippen molar-refractivity contribution in [1.29, 1.82) is 0 Å². The van der Waals surface area contributed by atoms with Crippen LogP contribution in [0.5, 0.6) is 17.2 Å². The summed E-state index contributed by atoms with van der Waals surface area (Å²) in [5.41, 5.74) is 0.862. The van der Waals surface area contributed by atoms with Crippen molar-refractivity contribution >= 4 is 15.9 Å². The van der Waals surface area contributed by atoms with Crippen LogP contribution in [0.3, 0.4) is 0 Å². The molecule has 2 aromatic rings. The number of sulfonamides is 1. The Kier molecular flexibility index (Phi) is 9.14. The van der Waals surface area contributed by atoms with Crippen LogP contribution in [0.25, 0.3) is 0 Å². The van der Waals surface area contributed by atoms with E-state index in [1.165, 1.54) is 12.1 Å². The van der Waals surface area contributed by atoms with Crippen molar-refractivity contribution in [2.75, 3.05) is 33.5 Å². The molecule has 2 N–H and O–H groups in total. The maximum Gasteiger partial charge on any atom is 0.241 e. The van der Waals surface area contributed by atoms with Crippen molar-refractivity contribution in [3.05, 3.63) is 48.0 Å². The zero-order valence-electron chi connectivity index (χ0n) is 19.7. The highest BCUT2D eigenvalue weighted by molar-refractivity contribution is 7.89. The zero-order chi connectivity index (χ0) is 24.6. The molecule has 10 heteroatoms. The van der Waals surface area contributed by atoms with Crippen LogP contribution in [-0.2, 0) is 26.1 Å². The summed E-state index contributed by atoms with van der Waals surface area (Å²) in [6.07, 6.45) is 0.716. The Balaban J connectivity index is 1.63. The molecule has 0 fully saturated rings. The van der Waals surface area contributed by atoms with E-state index < -0.39 is 22.0 Å². The van der Waals surface area contributed by atoms with E-state index in [1.807, 2.05) is 24.3 Å².